The lowest BCUT2D eigenvalue weighted by molar-refractivity contribution is -0.139. The number of carbonyl (C=O) groups excluding carboxylic acids is 2. The number of carbonyl (C=O) groups is 2. The summed E-state index contributed by atoms with van der Waals surface area (Å²) in [6.07, 6.45) is 0. The van der Waals surface area contributed by atoms with Crippen LogP contribution in [0.4, 0.5) is 0 Å². The molecule has 23 heavy (non-hydrogen) atoms. The molecule has 0 saturated carbocycles. The van der Waals surface area contributed by atoms with E-state index in [1.165, 1.54) is 6.92 Å². The molecule has 0 heterocycles. The zero-order chi connectivity index (χ0) is 16.8. The van der Waals surface area contributed by atoms with E-state index in [1.54, 1.807) is 19.1 Å². The molecule has 0 aromatic heterocycles. The monoisotopic (exact) mass is 310 g/mol. The molecule has 2 rings (SSSR count). The van der Waals surface area contributed by atoms with Crippen LogP contribution in [0, 0.1) is 0 Å². The summed E-state index contributed by atoms with van der Waals surface area (Å²) >= 11 is 0. The molecule has 2 aromatic carbocycles. The van der Waals surface area contributed by atoms with Crippen molar-refractivity contribution >= 4 is 17.5 Å². The molecule has 0 atom stereocenters. The van der Waals surface area contributed by atoms with Crippen molar-refractivity contribution in [2.75, 3.05) is 6.61 Å². The second-order valence-electron chi connectivity index (χ2n) is 4.94. The average molecular weight is 310 g/mol. The Kier molecular flexibility index (Phi) is 5.31. The van der Waals surface area contributed by atoms with Crippen LogP contribution in [0.1, 0.15) is 19.4 Å². The summed E-state index contributed by atoms with van der Waals surface area (Å²) < 4.78 is 4.82. The van der Waals surface area contributed by atoms with Crippen LogP contribution >= 0.6 is 0 Å². The molecule has 0 radical (unpaired) electrons. The van der Waals surface area contributed by atoms with E-state index in [4.69, 9.17) is 4.74 Å². The minimum Gasteiger partial charge on any atom is -0.506 e. The third kappa shape index (κ3) is 3.86. The molecule has 118 valence electrons. The normalized spacial score (nSPS) is 11.6. The fourth-order valence-corrected chi connectivity index (χ4v) is 2.21. The lowest BCUT2D eigenvalue weighted by Gasteiger charge is -2.08. The predicted molar refractivity (Wildman–Crippen MR) is 88.7 cm³/mol. The Morgan fingerprint density at radius 3 is 2.04 bits per heavy atom. The number of benzene rings is 2. The molecule has 0 unspecified atom stereocenters. The number of hydrogen-bond donors (Lipinski definition) is 1. The maximum absolute atomic E-state index is 11.8. The fraction of sp³-hybridized carbons (Fsp3) is 0.158. The maximum atomic E-state index is 11.8. The topological polar surface area (TPSA) is 63.6 Å². The molecular formula is C19H18O4. The second kappa shape index (κ2) is 7.40. The maximum Gasteiger partial charge on any atom is 0.345 e. The molecule has 0 spiro atoms. The molecule has 2 aromatic rings. The van der Waals surface area contributed by atoms with Crippen LogP contribution in [-0.2, 0) is 14.3 Å². The van der Waals surface area contributed by atoms with Gasteiger partial charge in [0.15, 0.2) is 5.78 Å². The minimum atomic E-state index is -0.815. The van der Waals surface area contributed by atoms with Gasteiger partial charge in [-0.15, -0.1) is 0 Å². The minimum absolute atomic E-state index is 0.135. The quantitative estimate of drug-likeness (QED) is 0.300. The van der Waals surface area contributed by atoms with Gasteiger partial charge in [0.05, 0.1) is 6.61 Å². The van der Waals surface area contributed by atoms with Gasteiger partial charge in [-0.05, 0) is 25.0 Å². The zero-order valence-corrected chi connectivity index (χ0v) is 13.1. The molecule has 4 heteroatoms. The van der Waals surface area contributed by atoms with Crippen LogP contribution in [0.2, 0.25) is 0 Å². The highest BCUT2D eigenvalue weighted by Crippen LogP contribution is 2.23. The SMILES string of the molecule is CCOC(=O)/C(C(C)=O)=C(\O)c1ccc(-c2ccccc2)cc1. The van der Waals surface area contributed by atoms with Gasteiger partial charge in [0.25, 0.3) is 0 Å². The van der Waals surface area contributed by atoms with Gasteiger partial charge in [-0.2, -0.15) is 0 Å². The first-order valence-electron chi connectivity index (χ1n) is 7.31. The molecule has 0 aliphatic rings. The van der Waals surface area contributed by atoms with Crippen molar-refractivity contribution in [3.8, 4) is 11.1 Å². The van der Waals surface area contributed by atoms with E-state index in [9.17, 15) is 14.7 Å². The number of ketones is 1. The number of esters is 1. The zero-order valence-electron chi connectivity index (χ0n) is 13.1. The van der Waals surface area contributed by atoms with E-state index >= 15 is 0 Å². The number of aliphatic hydroxyl groups is 1. The number of hydrogen-bond acceptors (Lipinski definition) is 4. The molecule has 0 aliphatic carbocycles. The Morgan fingerprint density at radius 2 is 1.52 bits per heavy atom. The summed E-state index contributed by atoms with van der Waals surface area (Å²) in [4.78, 5) is 23.5. The van der Waals surface area contributed by atoms with Crippen LogP contribution in [0.3, 0.4) is 0 Å². The molecule has 0 amide bonds. The van der Waals surface area contributed by atoms with Gasteiger partial charge in [0.1, 0.15) is 11.3 Å². The summed E-state index contributed by atoms with van der Waals surface area (Å²) in [6, 6.07) is 16.7. The molecule has 0 saturated heterocycles. The lowest BCUT2D eigenvalue weighted by Crippen LogP contribution is -2.16. The highest BCUT2D eigenvalue weighted by Gasteiger charge is 2.22. The predicted octanol–water partition coefficient (Wildman–Crippen LogP) is 3.77. The van der Waals surface area contributed by atoms with Crippen LogP contribution in [0.25, 0.3) is 16.9 Å². The van der Waals surface area contributed by atoms with Crippen molar-refractivity contribution in [2.24, 2.45) is 0 Å². The van der Waals surface area contributed by atoms with Gasteiger partial charge in [-0.1, -0.05) is 54.6 Å². The van der Waals surface area contributed by atoms with Gasteiger partial charge in [0, 0.05) is 5.56 Å². The molecule has 4 nitrogen and oxygen atoms in total. The Balaban J connectivity index is 2.38. The van der Waals surface area contributed by atoms with E-state index < -0.39 is 11.8 Å². The van der Waals surface area contributed by atoms with Gasteiger partial charge in [-0.25, -0.2) is 4.79 Å². The molecule has 0 bridgehead atoms. The number of rotatable bonds is 5. The third-order valence-electron chi connectivity index (χ3n) is 3.33. The first-order valence-corrected chi connectivity index (χ1v) is 7.31. The van der Waals surface area contributed by atoms with Crippen molar-refractivity contribution in [3.05, 3.63) is 65.7 Å². The van der Waals surface area contributed by atoms with E-state index in [-0.39, 0.29) is 17.9 Å². The van der Waals surface area contributed by atoms with Crippen molar-refractivity contribution < 1.29 is 19.4 Å². The molecule has 1 N–H and O–H groups in total. The number of ether oxygens (including phenoxy) is 1. The van der Waals surface area contributed by atoms with Crippen LogP contribution in [-0.4, -0.2) is 23.5 Å². The third-order valence-corrected chi connectivity index (χ3v) is 3.33. The second-order valence-corrected chi connectivity index (χ2v) is 4.94. The fourth-order valence-electron chi connectivity index (χ4n) is 2.21. The Labute approximate surface area is 135 Å². The number of aliphatic hydroxyl groups excluding tert-OH is 1. The van der Waals surface area contributed by atoms with Gasteiger partial charge in [-0.3, -0.25) is 4.79 Å². The summed E-state index contributed by atoms with van der Waals surface area (Å²) in [5, 5.41) is 10.3. The summed E-state index contributed by atoms with van der Waals surface area (Å²) in [5.41, 5.74) is 2.07. The highest BCUT2D eigenvalue weighted by molar-refractivity contribution is 6.21. The average Bonchev–Trinajstić information content (AvgIpc) is 2.56. The van der Waals surface area contributed by atoms with Crippen LogP contribution < -0.4 is 0 Å². The molecule has 0 fully saturated rings. The van der Waals surface area contributed by atoms with Crippen molar-refractivity contribution in [2.45, 2.75) is 13.8 Å². The smallest absolute Gasteiger partial charge is 0.345 e. The van der Waals surface area contributed by atoms with Crippen molar-refractivity contribution in [3.63, 3.8) is 0 Å². The first-order chi connectivity index (χ1) is 11.0. The summed E-state index contributed by atoms with van der Waals surface area (Å²) in [7, 11) is 0. The Hall–Kier alpha value is -2.88. The Bertz CT molecular complexity index is 728. The Morgan fingerprint density at radius 1 is 0.957 bits per heavy atom. The molecular weight excluding hydrogens is 292 g/mol. The van der Waals surface area contributed by atoms with E-state index in [0.29, 0.717) is 5.56 Å². The van der Waals surface area contributed by atoms with Gasteiger partial charge < -0.3 is 9.84 Å². The van der Waals surface area contributed by atoms with Gasteiger partial charge in [0.2, 0.25) is 0 Å². The van der Waals surface area contributed by atoms with Crippen LogP contribution in [0.15, 0.2) is 60.2 Å². The van der Waals surface area contributed by atoms with Crippen LogP contribution in [0.5, 0.6) is 0 Å². The number of Topliss-reactive ketones (excluding diaryl/α,β-unsaturated/α-hetero) is 1. The lowest BCUT2D eigenvalue weighted by atomic mass is 10.0. The van der Waals surface area contributed by atoms with E-state index in [2.05, 4.69) is 0 Å². The highest BCUT2D eigenvalue weighted by atomic mass is 16.5. The standard InChI is InChI=1S/C19H18O4/c1-3-23-19(22)17(13(2)20)18(21)16-11-9-15(10-12-16)14-7-5-4-6-8-14/h4-12,21H,3H2,1-2H3/b18-17-. The largest absolute Gasteiger partial charge is 0.506 e. The van der Waals surface area contributed by atoms with E-state index in [1.807, 2.05) is 42.5 Å². The van der Waals surface area contributed by atoms with E-state index in [0.717, 1.165) is 11.1 Å². The van der Waals surface area contributed by atoms with Crippen molar-refractivity contribution in [1.29, 1.82) is 0 Å². The van der Waals surface area contributed by atoms with Crippen molar-refractivity contribution in [1.82, 2.24) is 0 Å². The first kappa shape index (κ1) is 16.5. The van der Waals surface area contributed by atoms with Gasteiger partial charge >= 0.3 is 5.97 Å². The summed E-state index contributed by atoms with van der Waals surface area (Å²) in [5.74, 6) is -1.71. The summed E-state index contributed by atoms with van der Waals surface area (Å²) in [6.45, 7) is 3.00. The molecule has 0 aliphatic heterocycles.